The Morgan fingerprint density at radius 1 is 1.41 bits per heavy atom. The number of nitrogens with one attached hydrogen (secondary N) is 1. The van der Waals surface area contributed by atoms with Crippen molar-refractivity contribution in [3.8, 4) is 0 Å². The molecule has 0 atom stereocenters. The van der Waals surface area contributed by atoms with E-state index in [2.05, 4.69) is 34.2 Å². The molecule has 1 saturated heterocycles. The summed E-state index contributed by atoms with van der Waals surface area (Å²) >= 11 is 0. The molecule has 0 saturated carbocycles. The quantitative estimate of drug-likeness (QED) is 0.816. The van der Waals surface area contributed by atoms with E-state index in [4.69, 9.17) is 0 Å². The summed E-state index contributed by atoms with van der Waals surface area (Å²) in [6.45, 7) is 8.98. The van der Waals surface area contributed by atoms with Crippen molar-refractivity contribution in [2.75, 3.05) is 32.7 Å². The summed E-state index contributed by atoms with van der Waals surface area (Å²) in [5.74, 6) is 0.649. The number of hydrogen-bond donors (Lipinski definition) is 1. The first-order valence-corrected chi connectivity index (χ1v) is 6.04. The van der Waals surface area contributed by atoms with Crippen LogP contribution < -0.4 is 0 Å². The molecule has 1 fully saturated rings. The highest BCUT2D eigenvalue weighted by Gasteiger charge is 2.23. The second kappa shape index (κ2) is 5.27. The van der Waals surface area contributed by atoms with Crippen molar-refractivity contribution in [2.45, 2.75) is 13.8 Å². The van der Waals surface area contributed by atoms with Gasteiger partial charge < -0.3 is 4.90 Å². The van der Waals surface area contributed by atoms with Crippen molar-refractivity contribution in [2.24, 2.45) is 5.92 Å². The summed E-state index contributed by atoms with van der Waals surface area (Å²) in [7, 11) is 0. The third-order valence-corrected chi connectivity index (χ3v) is 2.92. The molecule has 0 aromatic carbocycles. The zero-order valence-electron chi connectivity index (χ0n) is 10.4. The second-order valence-corrected chi connectivity index (χ2v) is 4.84. The normalized spacial score (nSPS) is 17.7. The summed E-state index contributed by atoms with van der Waals surface area (Å²) in [5.41, 5.74) is 0.405. The van der Waals surface area contributed by atoms with Gasteiger partial charge in [0.25, 0.3) is 5.91 Å². The maximum absolute atomic E-state index is 12.0. The average Bonchev–Trinajstić information content (AvgIpc) is 2.82. The van der Waals surface area contributed by atoms with Crippen molar-refractivity contribution in [3.05, 3.63) is 11.9 Å². The lowest BCUT2D eigenvalue weighted by molar-refractivity contribution is 0.0618. The Morgan fingerprint density at radius 3 is 2.65 bits per heavy atom. The fourth-order valence-electron chi connectivity index (χ4n) is 2.12. The second-order valence-electron chi connectivity index (χ2n) is 4.84. The Bertz CT molecular complexity index is 354. The maximum atomic E-state index is 12.0. The maximum Gasteiger partial charge on any atom is 0.276 e. The lowest BCUT2D eigenvalue weighted by atomic mass is 10.2. The first kappa shape index (κ1) is 12.0. The van der Waals surface area contributed by atoms with Gasteiger partial charge in [0.15, 0.2) is 5.69 Å². The first-order valence-electron chi connectivity index (χ1n) is 6.04. The molecule has 0 aliphatic carbocycles. The van der Waals surface area contributed by atoms with E-state index in [0.29, 0.717) is 11.6 Å². The van der Waals surface area contributed by atoms with Crippen LogP contribution in [0.5, 0.6) is 0 Å². The molecule has 2 rings (SSSR count). The monoisotopic (exact) mass is 237 g/mol. The van der Waals surface area contributed by atoms with Crippen molar-refractivity contribution in [3.63, 3.8) is 0 Å². The van der Waals surface area contributed by atoms with Gasteiger partial charge in [-0.05, 0) is 5.92 Å². The van der Waals surface area contributed by atoms with E-state index in [1.807, 2.05) is 4.90 Å². The van der Waals surface area contributed by atoms with Crippen LogP contribution in [0.15, 0.2) is 6.20 Å². The summed E-state index contributed by atoms with van der Waals surface area (Å²) in [5, 5.41) is 9.94. The number of amides is 1. The molecule has 0 spiro atoms. The molecule has 94 valence electrons. The van der Waals surface area contributed by atoms with Gasteiger partial charge in [-0.15, -0.1) is 0 Å². The smallest absolute Gasteiger partial charge is 0.276 e. The van der Waals surface area contributed by atoms with Crippen LogP contribution in [0.2, 0.25) is 0 Å². The predicted octanol–water partition coefficient (Wildman–Crippen LogP) is 0.218. The molecule has 1 aromatic rings. The summed E-state index contributed by atoms with van der Waals surface area (Å²) in [4.78, 5) is 16.2. The molecule has 1 aliphatic heterocycles. The van der Waals surface area contributed by atoms with Gasteiger partial charge in [0.05, 0.1) is 6.20 Å². The van der Waals surface area contributed by atoms with E-state index in [9.17, 15) is 4.79 Å². The topological polar surface area (TPSA) is 65.1 Å². The first-order chi connectivity index (χ1) is 8.16. The Labute approximate surface area is 101 Å². The lowest BCUT2D eigenvalue weighted by Crippen LogP contribution is -2.49. The highest BCUT2D eigenvalue weighted by atomic mass is 16.2. The van der Waals surface area contributed by atoms with Crippen LogP contribution in [-0.4, -0.2) is 63.8 Å². The number of aromatic amines is 1. The van der Waals surface area contributed by atoms with Crippen LogP contribution in [-0.2, 0) is 0 Å². The summed E-state index contributed by atoms with van der Waals surface area (Å²) in [6.07, 6.45) is 1.48. The Kier molecular flexibility index (Phi) is 3.73. The number of carbonyl (C=O) groups is 1. The van der Waals surface area contributed by atoms with Crippen LogP contribution in [0.4, 0.5) is 0 Å². The largest absolute Gasteiger partial charge is 0.335 e. The Morgan fingerprint density at radius 2 is 2.12 bits per heavy atom. The standard InChI is InChI=1S/C11H19N5O/c1-9(2)8-15-3-5-16(6-4-15)11(17)10-7-12-14-13-10/h7,9H,3-6,8H2,1-2H3,(H,12,13,14). The van der Waals surface area contributed by atoms with E-state index in [1.165, 1.54) is 6.20 Å². The molecule has 17 heavy (non-hydrogen) atoms. The molecular formula is C11H19N5O. The van der Waals surface area contributed by atoms with Crippen molar-refractivity contribution in [1.82, 2.24) is 25.2 Å². The number of rotatable bonds is 3. The fraction of sp³-hybridized carbons (Fsp3) is 0.727. The Hall–Kier alpha value is -1.43. The number of piperazine rings is 1. The third kappa shape index (κ3) is 3.03. The SMILES string of the molecule is CC(C)CN1CCN(C(=O)c2cn[nH]n2)CC1. The van der Waals surface area contributed by atoms with Gasteiger partial charge in [0.1, 0.15) is 0 Å². The minimum atomic E-state index is -0.0250. The van der Waals surface area contributed by atoms with Crippen LogP contribution in [0.3, 0.4) is 0 Å². The van der Waals surface area contributed by atoms with Crippen LogP contribution in [0.1, 0.15) is 24.3 Å². The van der Waals surface area contributed by atoms with Crippen molar-refractivity contribution >= 4 is 5.91 Å². The summed E-state index contributed by atoms with van der Waals surface area (Å²) < 4.78 is 0. The number of carbonyl (C=O) groups excluding carboxylic acids is 1. The van der Waals surface area contributed by atoms with Gasteiger partial charge in [-0.2, -0.15) is 15.4 Å². The number of hydrogen-bond acceptors (Lipinski definition) is 4. The predicted molar refractivity (Wildman–Crippen MR) is 63.6 cm³/mol. The molecule has 0 unspecified atom stereocenters. The molecule has 1 aliphatic rings. The number of H-pyrrole nitrogens is 1. The highest BCUT2D eigenvalue weighted by Crippen LogP contribution is 2.07. The summed E-state index contributed by atoms with van der Waals surface area (Å²) in [6, 6.07) is 0. The van der Waals surface area contributed by atoms with Gasteiger partial charge in [-0.25, -0.2) is 0 Å². The molecule has 1 N–H and O–H groups in total. The van der Waals surface area contributed by atoms with Gasteiger partial charge in [-0.3, -0.25) is 9.69 Å². The van der Waals surface area contributed by atoms with E-state index in [-0.39, 0.29) is 5.91 Å². The van der Waals surface area contributed by atoms with E-state index in [0.717, 1.165) is 32.7 Å². The van der Waals surface area contributed by atoms with Gasteiger partial charge in [-0.1, -0.05) is 13.8 Å². The van der Waals surface area contributed by atoms with E-state index >= 15 is 0 Å². The molecule has 6 heteroatoms. The zero-order chi connectivity index (χ0) is 12.3. The number of nitrogens with zero attached hydrogens (tertiary/aromatic N) is 4. The van der Waals surface area contributed by atoms with Gasteiger partial charge in [0, 0.05) is 32.7 Å². The van der Waals surface area contributed by atoms with Crippen molar-refractivity contribution < 1.29 is 4.79 Å². The van der Waals surface area contributed by atoms with Gasteiger partial charge >= 0.3 is 0 Å². The van der Waals surface area contributed by atoms with E-state index in [1.54, 1.807) is 0 Å². The molecule has 0 radical (unpaired) electrons. The lowest BCUT2D eigenvalue weighted by Gasteiger charge is -2.35. The minimum Gasteiger partial charge on any atom is -0.335 e. The fourth-order valence-corrected chi connectivity index (χ4v) is 2.12. The highest BCUT2D eigenvalue weighted by molar-refractivity contribution is 5.91. The third-order valence-electron chi connectivity index (χ3n) is 2.92. The molecule has 0 bridgehead atoms. The molecule has 6 nitrogen and oxygen atoms in total. The molecule has 1 aromatic heterocycles. The zero-order valence-corrected chi connectivity index (χ0v) is 10.4. The minimum absolute atomic E-state index is 0.0250. The van der Waals surface area contributed by atoms with Gasteiger partial charge in [0.2, 0.25) is 0 Å². The number of aromatic nitrogens is 3. The Balaban J connectivity index is 1.85. The molecule has 1 amide bonds. The molecular weight excluding hydrogens is 218 g/mol. The van der Waals surface area contributed by atoms with Crippen LogP contribution in [0, 0.1) is 5.92 Å². The van der Waals surface area contributed by atoms with Crippen molar-refractivity contribution in [1.29, 1.82) is 0 Å². The van der Waals surface area contributed by atoms with Crippen LogP contribution >= 0.6 is 0 Å². The van der Waals surface area contributed by atoms with Crippen LogP contribution in [0.25, 0.3) is 0 Å². The molecule has 2 heterocycles. The average molecular weight is 237 g/mol. The van der Waals surface area contributed by atoms with E-state index < -0.39 is 0 Å².